The van der Waals surface area contributed by atoms with E-state index in [1.165, 1.54) is 25.1 Å². The zero-order valence-electron chi connectivity index (χ0n) is 22.4. The maximum Gasteiger partial charge on any atom is 0.417 e. The third-order valence-electron chi connectivity index (χ3n) is 6.75. The lowest BCUT2D eigenvalue weighted by Crippen LogP contribution is -2.11. The Kier molecular flexibility index (Phi) is 6.93. The third-order valence-corrected chi connectivity index (χ3v) is 6.75. The molecule has 0 unspecified atom stereocenters. The summed E-state index contributed by atoms with van der Waals surface area (Å²) < 4.78 is 131. The number of fused-ring (bicyclic) bond motifs is 1. The smallest absolute Gasteiger partial charge is 0.334 e. The fraction of sp³-hybridized carbons (Fsp3) is 0.133. The summed E-state index contributed by atoms with van der Waals surface area (Å²) in [6, 6.07) is 14.3. The normalized spacial score (nSPS) is 12.7. The van der Waals surface area contributed by atoms with E-state index in [0.29, 0.717) is 39.6 Å². The number of alkyl halides is 9. The largest absolute Gasteiger partial charge is 0.417 e. The molecule has 0 radical (unpaired) electrons. The van der Waals surface area contributed by atoms with Crippen LogP contribution in [0.1, 0.15) is 22.3 Å². The van der Waals surface area contributed by atoms with Crippen LogP contribution in [0.25, 0.3) is 56.5 Å². The lowest BCUT2D eigenvalue weighted by Gasteiger charge is -2.12. The molecule has 4 aromatic carbocycles. The van der Waals surface area contributed by atoms with Gasteiger partial charge in [-0.1, -0.05) is 40.1 Å². The van der Waals surface area contributed by atoms with Crippen LogP contribution >= 0.6 is 0 Å². The first kappa shape index (κ1) is 29.8. The standard InChI is InChI=1S/C30H15F9N4O2/c1-14-2-7-22(23(8-14)30(37,38)39)27-41-24(42-45-27)17-5-3-16-10-18(6-4-15(16)9-17)26-40-25(43-44-26)19-11-20(28(31,32)33)13-21(12-19)29(34,35)36/h2-13H,1H3. The molecule has 0 N–H and O–H groups in total. The number of aromatic nitrogens is 4. The second kappa shape index (κ2) is 10.5. The predicted molar refractivity (Wildman–Crippen MR) is 141 cm³/mol. The molecule has 0 amide bonds. The highest BCUT2D eigenvalue weighted by Crippen LogP contribution is 2.40. The van der Waals surface area contributed by atoms with Crippen LogP contribution in [0, 0.1) is 6.92 Å². The molecule has 0 atom stereocenters. The van der Waals surface area contributed by atoms with Crippen LogP contribution in [0.5, 0.6) is 0 Å². The number of halogens is 9. The SMILES string of the molecule is Cc1ccc(-c2nc(-c3ccc4cc(-c5nc(-c6cc(C(F)(F)F)cc(C(F)(F)F)c6)no5)ccc4c3)no2)c(C(F)(F)F)c1. The molecular formula is C30H15F9N4O2. The summed E-state index contributed by atoms with van der Waals surface area (Å²) >= 11 is 0. The van der Waals surface area contributed by atoms with Gasteiger partial charge in [-0.3, -0.25) is 0 Å². The Bertz CT molecular complexity index is 2030. The summed E-state index contributed by atoms with van der Waals surface area (Å²) in [7, 11) is 0. The summed E-state index contributed by atoms with van der Waals surface area (Å²) in [5.41, 5.74) is -3.61. The molecule has 230 valence electrons. The van der Waals surface area contributed by atoms with Crippen molar-refractivity contribution in [2.75, 3.05) is 0 Å². The second-order valence-corrected chi connectivity index (χ2v) is 9.96. The quantitative estimate of drug-likeness (QED) is 0.180. The van der Waals surface area contributed by atoms with E-state index < -0.39 is 46.6 Å². The van der Waals surface area contributed by atoms with Gasteiger partial charge < -0.3 is 9.05 Å². The van der Waals surface area contributed by atoms with E-state index in [4.69, 9.17) is 9.05 Å². The van der Waals surface area contributed by atoms with Gasteiger partial charge in [-0.2, -0.15) is 49.5 Å². The molecule has 0 saturated heterocycles. The van der Waals surface area contributed by atoms with Crippen molar-refractivity contribution in [3.05, 3.63) is 95.1 Å². The van der Waals surface area contributed by atoms with E-state index in [-0.39, 0.29) is 29.2 Å². The third kappa shape index (κ3) is 5.97. The fourth-order valence-corrected chi connectivity index (χ4v) is 4.59. The Balaban J connectivity index is 1.30. The molecule has 0 aliphatic rings. The monoisotopic (exact) mass is 634 g/mol. The first-order valence-electron chi connectivity index (χ1n) is 12.8. The molecule has 2 aromatic heterocycles. The predicted octanol–water partition coefficient (Wildman–Crippen LogP) is 9.64. The summed E-state index contributed by atoms with van der Waals surface area (Å²) in [6.45, 7) is 1.53. The molecule has 45 heavy (non-hydrogen) atoms. The van der Waals surface area contributed by atoms with Gasteiger partial charge in [0.1, 0.15) is 0 Å². The molecule has 6 rings (SSSR count). The first-order chi connectivity index (χ1) is 21.1. The fourth-order valence-electron chi connectivity index (χ4n) is 4.59. The van der Waals surface area contributed by atoms with Gasteiger partial charge in [0.15, 0.2) is 0 Å². The highest BCUT2D eigenvalue weighted by atomic mass is 19.4. The lowest BCUT2D eigenvalue weighted by atomic mass is 10.0. The van der Waals surface area contributed by atoms with Crippen molar-refractivity contribution < 1.29 is 48.6 Å². The lowest BCUT2D eigenvalue weighted by molar-refractivity contribution is -0.143. The molecule has 0 fully saturated rings. The average Bonchev–Trinajstić information content (AvgIpc) is 3.66. The van der Waals surface area contributed by atoms with Crippen LogP contribution in [0.2, 0.25) is 0 Å². The molecule has 6 nitrogen and oxygen atoms in total. The van der Waals surface area contributed by atoms with Gasteiger partial charge in [0.05, 0.1) is 22.3 Å². The van der Waals surface area contributed by atoms with Gasteiger partial charge in [-0.25, -0.2) is 0 Å². The summed E-state index contributed by atoms with van der Waals surface area (Å²) in [6.07, 6.45) is -14.7. The maximum absolute atomic E-state index is 13.6. The zero-order chi connectivity index (χ0) is 32.3. The molecule has 0 spiro atoms. The molecule has 15 heteroatoms. The number of hydrogen-bond acceptors (Lipinski definition) is 6. The van der Waals surface area contributed by atoms with Gasteiger partial charge in [-0.15, -0.1) is 0 Å². The summed E-state index contributed by atoms with van der Waals surface area (Å²) in [5.74, 6) is -0.927. The molecule has 2 heterocycles. The average molecular weight is 634 g/mol. The number of aryl methyl sites for hydroxylation is 1. The van der Waals surface area contributed by atoms with Crippen molar-refractivity contribution in [1.82, 2.24) is 20.3 Å². The zero-order valence-corrected chi connectivity index (χ0v) is 22.4. The summed E-state index contributed by atoms with van der Waals surface area (Å²) in [4.78, 5) is 8.15. The van der Waals surface area contributed by atoms with Crippen molar-refractivity contribution in [1.29, 1.82) is 0 Å². The van der Waals surface area contributed by atoms with Crippen LogP contribution in [-0.2, 0) is 18.5 Å². The molecular weight excluding hydrogens is 619 g/mol. The van der Waals surface area contributed by atoms with E-state index in [1.807, 2.05) is 0 Å². The molecule has 0 aliphatic carbocycles. The minimum atomic E-state index is -5.05. The Morgan fingerprint density at radius 2 is 1.04 bits per heavy atom. The molecule has 0 saturated carbocycles. The van der Waals surface area contributed by atoms with Crippen LogP contribution in [0.15, 0.2) is 81.8 Å². The Morgan fingerprint density at radius 1 is 0.511 bits per heavy atom. The van der Waals surface area contributed by atoms with Gasteiger partial charge in [-0.05, 0) is 66.2 Å². The summed E-state index contributed by atoms with van der Waals surface area (Å²) in [5, 5.41) is 8.64. The highest BCUT2D eigenvalue weighted by Gasteiger charge is 2.38. The second-order valence-electron chi connectivity index (χ2n) is 9.96. The Morgan fingerprint density at radius 3 is 1.64 bits per heavy atom. The van der Waals surface area contributed by atoms with E-state index in [0.717, 1.165) is 6.07 Å². The Labute approximate surface area is 246 Å². The van der Waals surface area contributed by atoms with Gasteiger partial charge in [0.25, 0.3) is 11.8 Å². The minimum absolute atomic E-state index is 0.000249. The van der Waals surface area contributed by atoms with E-state index in [2.05, 4.69) is 20.3 Å². The van der Waals surface area contributed by atoms with Crippen molar-refractivity contribution in [2.24, 2.45) is 0 Å². The van der Waals surface area contributed by atoms with Crippen LogP contribution < -0.4 is 0 Å². The van der Waals surface area contributed by atoms with Crippen molar-refractivity contribution in [2.45, 2.75) is 25.5 Å². The van der Waals surface area contributed by atoms with Gasteiger partial charge in [0, 0.05) is 16.7 Å². The first-order valence-corrected chi connectivity index (χ1v) is 12.8. The number of rotatable bonds is 4. The molecule has 0 aliphatic heterocycles. The van der Waals surface area contributed by atoms with E-state index in [1.54, 1.807) is 30.3 Å². The van der Waals surface area contributed by atoms with Gasteiger partial charge in [0.2, 0.25) is 11.6 Å². The minimum Gasteiger partial charge on any atom is -0.334 e. The van der Waals surface area contributed by atoms with E-state index >= 15 is 0 Å². The molecule has 0 bridgehead atoms. The van der Waals surface area contributed by atoms with Crippen LogP contribution in [0.3, 0.4) is 0 Å². The highest BCUT2D eigenvalue weighted by molar-refractivity contribution is 5.89. The number of benzene rings is 4. The Hall–Kier alpha value is -5.21. The maximum atomic E-state index is 13.6. The molecule has 6 aromatic rings. The van der Waals surface area contributed by atoms with Crippen molar-refractivity contribution in [3.63, 3.8) is 0 Å². The van der Waals surface area contributed by atoms with Crippen molar-refractivity contribution >= 4 is 10.8 Å². The number of hydrogen-bond donors (Lipinski definition) is 0. The number of nitrogens with zero attached hydrogens (tertiary/aromatic N) is 4. The van der Waals surface area contributed by atoms with Crippen LogP contribution in [-0.4, -0.2) is 20.3 Å². The van der Waals surface area contributed by atoms with Gasteiger partial charge >= 0.3 is 18.5 Å². The van der Waals surface area contributed by atoms with Crippen molar-refractivity contribution in [3.8, 4) is 45.7 Å². The van der Waals surface area contributed by atoms with Crippen LogP contribution in [0.4, 0.5) is 39.5 Å². The van der Waals surface area contributed by atoms with E-state index in [9.17, 15) is 39.5 Å². The topological polar surface area (TPSA) is 77.8 Å².